The number of unbranched alkanes of at least 4 members (excludes halogenated alkanes) is 1. The number of benzene rings is 4. The van der Waals surface area contributed by atoms with E-state index in [0.717, 1.165) is 60.4 Å². The summed E-state index contributed by atoms with van der Waals surface area (Å²) in [6, 6.07) is 33.1. The molecule has 1 amide bonds. The molecule has 1 heterocycles. The van der Waals surface area contributed by atoms with Crippen LogP contribution in [0.4, 0.5) is 0 Å². The molecule has 0 unspecified atom stereocenters. The van der Waals surface area contributed by atoms with Crippen LogP contribution in [0.25, 0.3) is 22.2 Å². The van der Waals surface area contributed by atoms with E-state index in [1.54, 1.807) is 0 Å². The van der Waals surface area contributed by atoms with E-state index in [1.807, 2.05) is 48.5 Å². The van der Waals surface area contributed by atoms with Crippen molar-refractivity contribution in [3.8, 4) is 16.9 Å². The minimum Gasteiger partial charge on any atom is -0.493 e. The first kappa shape index (κ1) is 28.2. The molecule has 0 aliphatic heterocycles. The maximum atomic E-state index is 12.6. The number of rotatable bonds is 13. The van der Waals surface area contributed by atoms with Crippen molar-refractivity contribution in [1.29, 1.82) is 0 Å². The fourth-order valence-corrected chi connectivity index (χ4v) is 5.17. The third kappa shape index (κ3) is 7.43. The number of para-hydroxylation sites is 2. The molecule has 5 aromatic rings. The lowest BCUT2D eigenvalue weighted by Crippen LogP contribution is -2.26. The number of nitrogens with one attached hydrogen (secondary N) is 1. The fraction of sp³-hybridized carbons (Fsp3) is 0.278. The van der Waals surface area contributed by atoms with Crippen molar-refractivity contribution in [2.45, 2.75) is 52.5 Å². The molecular weight excluding hydrogens is 506 g/mol. The Morgan fingerprint density at radius 1 is 0.805 bits per heavy atom. The molecule has 0 aliphatic carbocycles. The summed E-state index contributed by atoms with van der Waals surface area (Å²) >= 11 is 0. The molecule has 0 bridgehead atoms. The van der Waals surface area contributed by atoms with Gasteiger partial charge >= 0.3 is 0 Å². The topological polar surface area (TPSA) is 56.1 Å². The third-order valence-electron chi connectivity index (χ3n) is 7.65. The summed E-state index contributed by atoms with van der Waals surface area (Å²) in [5, 5.41) is 3.09. The Hall–Kier alpha value is -4.38. The second-order valence-electron chi connectivity index (χ2n) is 10.6. The average Bonchev–Trinajstić information content (AvgIpc) is 3.35. The fourth-order valence-electron chi connectivity index (χ4n) is 5.17. The quantitative estimate of drug-likeness (QED) is 0.156. The highest BCUT2D eigenvalue weighted by molar-refractivity contribution is 5.79. The summed E-state index contributed by atoms with van der Waals surface area (Å²) in [5.41, 5.74) is 8.02. The highest BCUT2D eigenvalue weighted by atomic mass is 16.5. The lowest BCUT2D eigenvalue weighted by molar-refractivity contribution is -0.120. The van der Waals surface area contributed by atoms with Crippen molar-refractivity contribution in [1.82, 2.24) is 14.9 Å². The maximum Gasteiger partial charge on any atom is 0.224 e. The van der Waals surface area contributed by atoms with Crippen LogP contribution >= 0.6 is 0 Å². The standard InChI is InChI=1S/C36H39N3O2/c1-27-12-10-17-34(28(27)2)41-25-9-8-24-39-33-16-7-6-15-32(33)38-35(39)18-11-23-37-36(40)26-29-19-21-31(22-20-29)30-13-4-3-5-14-30/h3-7,10,12-17,19-22H,8-9,11,18,23-26H2,1-2H3,(H,37,40). The lowest BCUT2D eigenvalue weighted by Gasteiger charge is -2.12. The molecule has 1 N–H and O–H groups in total. The largest absolute Gasteiger partial charge is 0.493 e. The Morgan fingerprint density at radius 2 is 1.56 bits per heavy atom. The highest BCUT2D eigenvalue weighted by Crippen LogP contribution is 2.22. The summed E-state index contributed by atoms with van der Waals surface area (Å²) in [5.74, 6) is 2.10. The van der Waals surface area contributed by atoms with Gasteiger partial charge in [0.2, 0.25) is 5.91 Å². The molecule has 1 aromatic heterocycles. The van der Waals surface area contributed by atoms with Gasteiger partial charge in [0.05, 0.1) is 24.1 Å². The second kappa shape index (κ2) is 13.8. The number of fused-ring (bicyclic) bond motifs is 1. The van der Waals surface area contributed by atoms with Crippen LogP contribution in [-0.2, 0) is 24.2 Å². The van der Waals surface area contributed by atoms with Gasteiger partial charge in [0.1, 0.15) is 11.6 Å². The summed E-state index contributed by atoms with van der Waals surface area (Å²) in [7, 11) is 0. The molecule has 0 radical (unpaired) electrons. The third-order valence-corrected chi connectivity index (χ3v) is 7.65. The zero-order valence-electron chi connectivity index (χ0n) is 24.1. The molecule has 0 aliphatic rings. The van der Waals surface area contributed by atoms with Gasteiger partial charge in [-0.15, -0.1) is 0 Å². The molecule has 0 atom stereocenters. The van der Waals surface area contributed by atoms with Gasteiger partial charge in [-0.25, -0.2) is 4.98 Å². The zero-order valence-corrected chi connectivity index (χ0v) is 24.1. The Labute approximate surface area is 243 Å². The number of aromatic nitrogens is 2. The van der Waals surface area contributed by atoms with Crippen LogP contribution in [0.1, 0.15) is 41.8 Å². The van der Waals surface area contributed by atoms with E-state index >= 15 is 0 Å². The molecule has 41 heavy (non-hydrogen) atoms. The average molecular weight is 546 g/mol. The molecule has 0 saturated carbocycles. The number of hydrogen-bond acceptors (Lipinski definition) is 3. The van der Waals surface area contributed by atoms with Crippen LogP contribution < -0.4 is 10.1 Å². The van der Waals surface area contributed by atoms with E-state index in [4.69, 9.17) is 9.72 Å². The summed E-state index contributed by atoms with van der Waals surface area (Å²) in [6.45, 7) is 6.46. The van der Waals surface area contributed by atoms with Crippen LogP contribution in [-0.4, -0.2) is 28.6 Å². The number of carbonyl (C=O) groups excluding carboxylic acids is 1. The number of ether oxygens (including phenoxy) is 1. The summed E-state index contributed by atoms with van der Waals surface area (Å²) < 4.78 is 8.40. The normalized spacial score (nSPS) is 11.1. The molecule has 5 rings (SSSR count). The van der Waals surface area contributed by atoms with Crippen LogP contribution in [0.2, 0.25) is 0 Å². The van der Waals surface area contributed by atoms with E-state index in [9.17, 15) is 4.79 Å². The van der Waals surface area contributed by atoms with E-state index in [0.29, 0.717) is 19.6 Å². The zero-order chi connectivity index (χ0) is 28.4. The predicted molar refractivity (Wildman–Crippen MR) is 167 cm³/mol. The van der Waals surface area contributed by atoms with E-state index in [2.05, 4.69) is 72.3 Å². The number of nitrogens with zero attached hydrogens (tertiary/aromatic N) is 2. The van der Waals surface area contributed by atoms with Crippen LogP contribution in [0.3, 0.4) is 0 Å². The Morgan fingerprint density at radius 3 is 2.39 bits per heavy atom. The summed E-state index contributed by atoms with van der Waals surface area (Å²) in [4.78, 5) is 17.5. The summed E-state index contributed by atoms with van der Waals surface area (Å²) in [6.07, 6.45) is 4.04. The van der Waals surface area contributed by atoms with Gasteiger partial charge in [-0.3, -0.25) is 4.79 Å². The van der Waals surface area contributed by atoms with Crippen molar-refractivity contribution in [3.63, 3.8) is 0 Å². The number of carbonyl (C=O) groups is 1. The first-order chi connectivity index (χ1) is 20.1. The molecule has 5 nitrogen and oxygen atoms in total. The molecule has 0 fully saturated rings. The second-order valence-corrected chi connectivity index (χ2v) is 10.6. The minimum absolute atomic E-state index is 0.0508. The predicted octanol–water partition coefficient (Wildman–Crippen LogP) is 7.47. The van der Waals surface area contributed by atoms with Crippen molar-refractivity contribution in [2.75, 3.05) is 13.2 Å². The molecule has 0 saturated heterocycles. The van der Waals surface area contributed by atoms with Gasteiger partial charge < -0.3 is 14.6 Å². The number of hydrogen-bond donors (Lipinski definition) is 1. The van der Waals surface area contributed by atoms with Crippen molar-refractivity contribution in [3.05, 3.63) is 120 Å². The van der Waals surface area contributed by atoms with Gasteiger partial charge in [-0.2, -0.15) is 0 Å². The van der Waals surface area contributed by atoms with Crippen LogP contribution in [0.15, 0.2) is 97.1 Å². The molecule has 4 aromatic carbocycles. The molecule has 210 valence electrons. The smallest absolute Gasteiger partial charge is 0.224 e. The van der Waals surface area contributed by atoms with E-state index < -0.39 is 0 Å². The first-order valence-corrected chi connectivity index (χ1v) is 14.6. The Bertz CT molecular complexity index is 1570. The Kier molecular flexibility index (Phi) is 9.48. The maximum absolute atomic E-state index is 12.6. The van der Waals surface area contributed by atoms with Gasteiger partial charge in [-0.1, -0.05) is 78.9 Å². The highest BCUT2D eigenvalue weighted by Gasteiger charge is 2.11. The molecule has 0 spiro atoms. The van der Waals surface area contributed by atoms with Crippen molar-refractivity contribution < 1.29 is 9.53 Å². The monoisotopic (exact) mass is 545 g/mol. The minimum atomic E-state index is 0.0508. The van der Waals surface area contributed by atoms with E-state index in [1.165, 1.54) is 22.2 Å². The number of imidazole rings is 1. The first-order valence-electron chi connectivity index (χ1n) is 14.6. The van der Waals surface area contributed by atoms with Gasteiger partial charge in [0, 0.05) is 19.5 Å². The van der Waals surface area contributed by atoms with Crippen LogP contribution in [0.5, 0.6) is 5.75 Å². The lowest BCUT2D eigenvalue weighted by atomic mass is 10.0. The van der Waals surface area contributed by atoms with Gasteiger partial charge in [0.25, 0.3) is 0 Å². The van der Waals surface area contributed by atoms with Crippen molar-refractivity contribution >= 4 is 16.9 Å². The van der Waals surface area contributed by atoms with E-state index in [-0.39, 0.29) is 5.91 Å². The van der Waals surface area contributed by atoms with Crippen molar-refractivity contribution in [2.24, 2.45) is 0 Å². The Balaban J connectivity index is 1.09. The SMILES string of the molecule is Cc1cccc(OCCCCn2c(CCCNC(=O)Cc3ccc(-c4ccccc4)cc3)nc3ccccc32)c1C. The number of amides is 1. The molecule has 5 heteroatoms. The number of aryl methyl sites for hydroxylation is 3. The molecular formula is C36H39N3O2. The van der Waals surface area contributed by atoms with Crippen LogP contribution in [0, 0.1) is 13.8 Å². The van der Waals surface area contributed by atoms with Gasteiger partial charge in [-0.05, 0) is 79.1 Å². The van der Waals surface area contributed by atoms with Gasteiger partial charge in [0.15, 0.2) is 0 Å².